The Labute approximate surface area is 118 Å². The van der Waals surface area contributed by atoms with Gasteiger partial charge in [-0.05, 0) is 32.3 Å². The molecule has 1 aromatic rings. The minimum absolute atomic E-state index is 0.0770. The van der Waals surface area contributed by atoms with E-state index < -0.39 is 5.41 Å². The molecule has 2 heterocycles. The van der Waals surface area contributed by atoms with E-state index in [1.807, 2.05) is 13.8 Å². The van der Waals surface area contributed by atoms with Gasteiger partial charge in [0.15, 0.2) is 0 Å². The van der Waals surface area contributed by atoms with Crippen molar-refractivity contribution in [1.82, 2.24) is 14.7 Å². The maximum absolute atomic E-state index is 12.6. The predicted octanol–water partition coefficient (Wildman–Crippen LogP) is 0.846. The van der Waals surface area contributed by atoms with Crippen LogP contribution in [0.1, 0.15) is 42.4 Å². The first-order valence-corrected chi connectivity index (χ1v) is 6.99. The lowest BCUT2D eigenvalue weighted by molar-refractivity contribution is -0.130. The second kappa shape index (κ2) is 5.26. The van der Waals surface area contributed by atoms with E-state index in [1.165, 1.54) is 0 Å². The molecule has 110 valence electrons. The Morgan fingerprint density at radius 1 is 1.50 bits per heavy atom. The Morgan fingerprint density at radius 3 is 2.70 bits per heavy atom. The third-order valence-corrected chi connectivity index (χ3v) is 4.28. The standard InChI is InChI=1S/C14H22N4O2/c1-4-14(13(15)20)6-5-7-18(9-14)12(19)11-8-10(2)16-17(11)3/h8H,4-7,9H2,1-3H3,(H2,15,20). The van der Waals surface area contributed by atoms with E-state index in [1.54, 1.807) is 22.7 Å². The van der Waals surface area contributed by atoms with E-state index in [9.17, 15) is 9.59 Å². The van der Waals surface area contributed by atoms with E-state index in [-0.39, 0.29) is 11.8 Å². The fourth-order valence-corrected chi connectivity index (χ4v) is 2.94. The summed E-state index contributed by atoms with van der Waals surface area (Å²) >= 11 is 0. The molecule has 6 heteroatoms. The second-order valence-corrected chi connectivity index (χ2v) is 5.62. The van der Waals surface area contributed by atoms with Gasteiger partial charge in [-0.3, -0.25) is 14.3 Å². The Bertz CT molecular complexity index is 537. The first-order chi connectivity index (χ1) is 9.39. The number of rotatable bonds is 3. The highest BCUT2D eigenvalue weighted by atomic mass is 16.2. The number of amides is 2. The summed E-state index contributed by atoms with van der Waals surface area (Å²) < 4.78 is 1.59. The average Bonchev–Trinajstić information content (AvgIpc) is 2.76. The van der Waals surface area contributed by atoms with Gasteiger partial charge in [0.25, 0.3) is 5.91 Å². The van der Waals surface area contributed by atoms with Crippen molar-refractivity contribution < 1.29 is 9.59 Å². The summed E-state index contributed by atoms with van der Waals surface area (Å²) in [6, 6.07) is 1.77. The van der Waals surface area contributed by atoms with Gasteiger partial charge in [-0.15, -0.1) is 0 Å². The number of hydrogen-bond acceptors (Lipinski definition) is 3. The molecular weight excluding hydrogens is 256 g/mol. The van der Waals surface area contributed by atoms with Gasteiger partial charge in [0, 0.05) is 20.1 Å². The highest BCUT2D eigenvalue weighted by Gasteiger charge is 2.41. The summed E-state index contributed by atoms with van der Waals surface area (Å²) in [6.45, 7) is 4.87. The Morgan fingerprint density at radius 2 is 2.20 bits per heavy atom. The van der Waals surface area contributed by atoms with Gasteiger partial charge < -0.3 is 10.6 Å². The first kappa shape index (κ1) is 14.6. The second-order valence-electron chi connectivity index (χ2n) is 5.62. The molecule has 0 saturated carbocycles. The van der Waals surface area contributed by atoms with Crippen LogP contribution >= 0.6 is 0 Å². The monoisotopic (exact) mass is 278 g/mol. The van der Waals surface area contributed by atoms with E-state index in [4.69, 9.17) is 5.73 Å². The molecule has 1 aromatic heterocycles. The van der Waals surface area contributed by atoms with Gasteiger partial charge in [0.2, 0.25) is 5.91 Å². The highest BCUT2D eigenvalue weighted by Crippen LogP contribution is 2.33. The fourth-order valence-electron chi connectivity index (χ4n) is 2.94. The Kier molecular flexibility index (Phi) is 3.83. The smallest absolute Gasteiger partial charge is 0.272 e. The van der Waals surface area contributed by atoms with Crippen LogP contribution in [0.4, 0.5) is 0 Å². The minimum Gasteiger partial charge on any atom is -0.369 e. The molecule has 1 aliphatic heterocycles. The number of primary amides is 1. The fraction of sp³-hybridized carbons (Fsp3) is 0.643. The van der Waals surface area contributed by atoms with Crippen LogP contribution in [0.15, 0.2) is 6.07 Å². The molecule has 20 heavy (non-hydrogen) atoms. The number of carbonyl (C=O) groups excluding carboxylic acids is 2. The number of nitrogens with zero attached hydrogens (tertiary/aromatic N) is 3. The van der Waals surface area contributed by atoms with Crippen molar-refractivity contribution in [3.05, 3.63) is 17.5 Å². The van der Waals surface area contributed by atoms with Crippen LogP contribution in [0.3, 0.4) is 0 Å². The largest absolute Gasteiger partial charge is 0.369 e. The number of likely N-dealkylation sites (tertiary alicyclic amines) is 1. The van der Waals surface area contributed by atoms with Crippen LogP contribution in [0, 0.1) is 12.3 Å². The van der Waals surface area contributed by atoms with Crippen molar-refractivity contribution in [2.75, 3.05) is 13.1 Å². The lowest BCUT2D eigenvalue weighted by Gasteiger charge is -2.40. The van der Waals surface area contributed by atoms with Gasteiger partial charge in [0.05, 0.1) is 11.1 Å². The molecule has 0 aromatic carbocycles. The molecule has 2 N–H and O–H groups in total. The van der Waals surface area contributed by atoms with E-state index in [0.29, 0.717) is 25.2 Å². The molecule has 1 saturated heterocycles. The van der Waals surface area contributed by atoms with Crippen LogP contribution < -0.4 is 5.73 Å². The third kappa shape index (κ3) is 2.42. The van der Waals surface area contributed by atoms with Crippen molar-refractivity contribution in [3.8, 4) is 0 Å². The van der Waals surface area contributed by atoms with Crippen LogP contribution in [-0.4, -0.2) is 39.6 Å². The van der Waals surface area contributed by atoms with Gasteiger partial charge in [0.1, 0.15) is 5.69 Å². The molecule has 1 atom stereocenters. The SMILES string of the molecule is CCC1(C(N)=O)CCCN(C(=O)c2cc(C)nn2C)C1. The van der Waals surface area contributed by atoms with Crippen molar-refractivity contribution in [3.63, 3.8) is 0 Å². The van der Waals surface area contributed by atoms with Crippen molar-refractivity contribution in [1.29, 1.82) is 0 Å². The van der Waals surface area contributed by atoms with E-state index >= 15 is 0 Å². The maximum Gasteiger partial charge on any atom is 0.272 e. The maximum atomic E-state index is 12.6. The molecule has 0 aliphatic carbocycles. The summed E-state index contributed by atoms with van der Waals surface area (Å²) in [4.78, 5) is 26.1. The van der Waals surface area contributed by atoms with Gasteiger partial charge >= 0.3 is 0 Å². The molecule has 6 nitrogen and oxygen atoms in total. The lowest BCUT2D eigenvalue weighted by atomic mass is 9.77. The molecular formula is C14H22N4O2. The lowest BCUT2D eigenvalue weighted by Crippen LogP contribution is -2.52. The molecule has 0 radical (unpaired) electrons. The zero-order valence-corrected chi connectivity index (χ0v) is 12.3. The first-order valence-electron chi connectivity index (χ1n) is 6.99. The van der Waals surface area contributed by atoms with Crippen molar-refractivity contribution in [2.45, 2.75) is 33.1 Å². The molecule has 0 spiro atoms. The van der Waals surface area contributed by atoms with Crippen molar-refractivity contribution >= 4 is 11.8 Å². The summed E-state index contributed by atoms with van der Waals surface area (Å²) in [5.74, 6) is -0.384. The topological polar surface area (TPSA) is 81.2 Å². The van der Waals surface area contributed by atoms with E-state index in [2.05, 4.69) is 5.10 Å². The molecule has 2 amide bonds. The summed E-state index contributed by atoms with van der Waals surface area (Å²) in [5.41, 5.74) is 6.34. The summed E-state index contributed by atoms with van der Waals surface area (Å²) in [5, 5.41) is 4.20. The number of nitrogens with two attached hydrogens (primary N) is 1. The summed E-state index contributed by atoms with van der Waals surface area (Å²) in [7, 11) is 1.76. The molecule has 0 bridgehead atoms. The predicted molar refractivity (Wildman–Crippen MR) is 75.0 cm³/mol. The number of aromatic nitrogens is 2. The quantitative estimate of drug-likeness (QED) is 0.889. The van der Waals surface area contributed by atoms with Crippen LogP contribution in [0.2, 0.25) is 0 Å². The zero-order valence-electron chi connectivity index (χ0n) is 12.3. The normalized spacial score (nSPS) is 22.9. The minimum atomic E-state index is -0.582. The van der Waals surface area contributed by atoms with Gasteiger partial charge in [-0.25, -0.2) is 0 Å². The van der Waals surface area contributed by atoms with Gasteiger partial charge in [-0.2, -0.15) is 5.10 Å². The Balaban J connectivity index is 2.23. The zero-order chi connectivity index (χ0) is 14.9. The van der Waals surface area contributed by atoms with Crippen LogP contribution in [0.5, 0.6) is 0 Å². The van der Waals surface area contributed by atoms with E-state index in [0.717, 1.165) is 18.5 Å². The Hall–Kier alpha value is -1.85. The van der Waals surface area contributed by atoms with Crippen LogP contribution in [0.25, 0.3) is 0 Å². The number of aryl methyl sites for hydroxylation is 2. The molecule has 2 rings (SSSR count). The van der Waals surface area contributed by atoms with Crippen LogP contribution in [-0.2, 0) is 11.8 Å². The number of carbonyl (C=O) groups is 2. The number of piperidine rings is 1. The average molecular weight is 278 g/mol. The highest BCUT2D eigenvalue weighted by molar-refractivity contribution is 5.93. The summed E-state index contributed by atoms with van der Waals surface area (Å²) in [6.07, 6.45) is 2.23. The van der Waals surface area contributed by atoms with Crippen molar-refractivity contribution in [2.24, 2.45) is 18.2 Å². The number of hydrogen-bond donors (Lipinski definition) is 1. The molecule has 1 unspecified atom stereocenters. The molecule has 1 fully saturated rings. The third-order valence-electron chi connectivity index (χ3n) is 4.28. The van der Waals surface area contributed by atoms with Gasteiger partial charge in [-0.1, -0.05) is 6.92 Å². The molecule has 1 aliphatic rings.